The third-order valence-corrected chi connectivity index (χ3v) is 7.54. The predicted molar refractivity (Wildman–Crippen MR) is 168 cm³/mol. The Kier molecular flexibility index (Phi) is 8.92. The van der Waals surface area contributed by atoms with Gasteiger partial charge in [0.15, 0.2) is 5.11 Å². The van der Waals surface area contributed by atoms with Crippen LogP contribution in [0.5, 0.6) is 5.75 Å². The maximum Gasteiger partial charge on any atom is 0.255 e. The molecule has 0 spiro atoms. The first-order valence-corrected chi connectivity index (χ1v) is 14.1. The monoisotopic (exact) mass is 581 g/mol. The van der Waals surface area contributed by atoms with Crippen LogP contribution in [0.2, 0.25) is 0 Å². The number of rotatable bonds is 8. The van der Waals surface area contributed by atoms with E-state index in [2.05, 4.69) is 21.1 Å². The summed E-state index contributed by atoms with van der Waals surface area (Å²) in [5.74, 6) is 0.521. The Hall–Kier alpha value is -4.67. The van der Waals surface area contributed by atoms with Crippen molar-refractivity contribution < 1.29 is 14.3 Å². The normalized spacial score (nSPS) is 13.2. The molecule has 0 fully saturated rings. The van der Waals surface area contributed by atoms with Gasteiger partial charge in [-0.1, -0.05) is 66.7 Å². The smallest absolute Gasteiger partial charge is 0.255 e. The maximum atomic E-state index is 13.6. The molecule has 41 heavy (non-hydrogen) atoms. The summed E-state index contributed by atoms with van der Waals surface area (Å²) < 4.78 is 5.38. The minimum absolute atomic E-state index is 0.0167. The summed E-state index contributed by atoms with van der Waals surface area (Å²) in [6.45, 7) is 0. The quantitative estimate of drug-likeness (QED) is 0.168. The number of benzene rings is 4. The van der Waals surface area contributed by atoms with Crippen LogP contribution < -0.4 is 25.7 Å². The fourth-order valence-corrected chi connectivity index (χ4v) is 5.51. The van der Waals surface area contributed by atoms with E-state index in [1.807, 2.05) is 97.1 Å². The molecular weight excluding hydrogens is 555 g/mol. The molecule has 0 aliphatic carbocycles. The summed E-state index contributed by atoms with van der Waals surface area (Å²) in [6.07, 6.45) is 0.0167. The van der Waals surface area contributed by atoms with Gasteiger partial charge in [-0.05, 0) is 60.2 Å². The average molecular weight is 582 g/mol. The zero-order chi connectivity index (χ0) is 28.6. The number of hydrogen-bond acceptors (Lipinski definition) is 6. The predicted octanol–water partition coefficient (Wildman–Crippen LogP) is 6.20. The van der Waals surface area contributed by atoms with Gasteiger partial charge in [0.2, 0.25) is 5.91 Å². The second kappa shape index (κ2) is 13.1. The van der Waals surface area contributed by atoms with Gasteiger partial charge >= 0.3 is 0 Å². The number of thiocarbonyl (C=S) groups is 1. The molecule has 1 unspecified atom stereocenters. The van der Waals surface area contributed by atoms with Crippen LogP contribution in [0.25, 0.3) is 0 Å². The van der Waals surface area contributed by atoms with Crippen molar-refractivity contribution in [2.75, 3.05) is 22.8 Å². The number of carbonyl (C=O) groups excluding carboxylic acids is 2. The lowest BCUT2D eigenvalue weighted by atomic mass is 10.1. The molecule has 10 heteroatoms. The number of nitrogens with one attached hydrogen (secondary N) is 3. The summed E-state index contributed by atoms with van der Waals surface area (Å²) in [5, 5.41) is 14.7. The Bertz CT molecular complexity index is 1580. The minimum atomic E-state index is -0.589. The standard InChI is InChI=1S/C31H27N5O3S2/c1-39-26-18-9-8-17-25(26)33-31(40)32-22-13-10-16-24(19-22)41-29(21-11-4-2-5-12-21)30(38)34-27-20-28(37)36(35-27)23-14-6-3-7-15-23/h2-19,29H,20H2,1H3,(H2,32,33,40)(H,34,35,38). The van der Waals surface area contributed by atoms with Gasteiger partial charge in [-0.3, -0.25) is 9.59 Å². The van der Waals surface area contributed by atoms with Crippen molar-refractivity contribution in [3.05, 3.63) is 115 Å². The number of amides is 2. The van der Waals surface area contributed by atoms with E-state index in [9.17, 15) is 9.59 Å². The fraction of sp³-hybridized carbons (Fsp3) is 0.0968. The van der Waals surface area contributed by atoms with Crippen LogP contribution in [0.15, 0.2) is 119 Å². The molecule has 4 aromatic rings. The van der Waals surface area contributed by atoms with Crippen LogP contribution in [0.3, 0.4) is 0 Å². The molecule has 0 bridgehead atoms. The highest BCUT2D eigenvalue weighted by molar-refractivity contribution is 8.00. The molecule has 2 amide bonds. The molecule has 0 aromatic heterocycles. The Balaban J connectivity index is 1.30. The van der Waals surface area contributed by atoms with E-state index >= 15 is 0 Å². The van der Waals surface area contributed by atoms with E-state index in [1.54, 1.807) is 19.2 Å². The molecule has 1 aliphatic rings. The number of ether oxygens (including phenoxy) is 1. The molecule has 0 saturated heterocycles. The van der Waals surface area contributed by atoms with E-state index < -0.39 is 5.25 Å². The number of anilines is 3. The van der Waals surface area contributed by atoms with E-state index in [4.69, 9.17) is 17.0 Å². The Morgan fingerprint density at radius 1 is 0.902 bits per heavy atom. The summed E-state index contributed by atoms with van der Waals surface area (Å²) in [5.41, 5.74) is 2.99. The molecule has 5 rings (SSSR count). The molecule has 3 N–H and O–H groups in total. The van der Waals surface area contributed by atoms with Crippen LogP contribution >= 0.6 is 24.0 Å². The lowest BCUT2D eigenvalue weighted by Crippen LogP contribution is -2.33. The Morgan fingerprint density at radius 3 is 2.37 bits per heavy atom. The second-order valence-corrected chi connectivity index (χ2v) is 10.6. The first kappa shape index (κ1) is 27.9. The zero-order valence-electron chi connectivity index (χ0n) is 22.1. The van der Waals surface area contributed by atoms with E-state index in [-0.39, 0.29) is 18.2 Å². The van der Waals surface area contributed by atoms with Crippen molar-refractivity contribution in [3.8, 4) is 5.75 Å². The van der Waals surface area contributed by atoms with Gasteiger partial charge in [-0.25, -0.2) is 0 Å². The zero-order valence-corrected chi connectivity index (χ0v) is 23.7. The summed E-state index contributed by atoms with van der Waals surface area (Å²) in [7, 11) is 1.60. The molecule has 0 saturated carbocycles. The highest BCUT2D eigenvalue weighted by atomic mass is 32.2. The Morgan fingerprint density at radius 2 is 1.61 bits per heavy atom. The van der Waals surface area contributed by atoms with Gasteiger partial charge in [0.25, 0.3) is 5.91 Å². The average Bonchev–Trinajstić information content (AvgIpc) is 3.36. The van der Waals surface area contributed by atoms with Gasteiger partial charge in [-0.15, -0.1) is 11.8 Å². The van der Waals surface area contributed by atoms with Crippen molar-refractivity contribution in [1.29, 1.82) is 0 Å². The SMILES string of the molecule is COc1ccccc1NC(=S)Nc1cccc(SC(C(=O)NC2=NN(c3ccccc3)C(=O)C2)c2ccccc2)c1. The first-order chi connectivity index (χ1) is 20.0. The van der Waals surface area contributed by atoms with Gasteiger partial charge in [0, 0.05) is 10.6 Å². The lowest BCUT2D eigenvalue weighted by Gasteiger charge is -2.18. The fourth-order valence-electron chi connectivity index (χ4n) is 4.19. The number of methoxy groups -OCH3 is 1. The summed E-state index contributed by atoms with van der Waals surface area (Å²) in [6, 6.07) is 33.8. The van der Waals surface area contributed by atoms with Crippen LogP contribution in [0.1, 0.15) is 17.2 Å². The number of hydrogen-bond donors (Lipinski definition) is 3. The molecule has 1 heterocycles. The number of nitrogens with zero attached hydrogens (tertiary/aromatic N) is 2. The van der Waals surface area contributed by atoms with Crippen molar-refractivity contribution in [1.82, 2.24) is 5.32 Å². The number of carbonyl (C=O) groups is 2. The van der Waals surface area contributed by atoms with Crippen molar-refractivity contribution in [2.45, 2.75) is 16.6 Å². The second-order valence-electron chi connectivity index (χ2n) is 8.97. The van der Waals surface area contributed by atoms with Crippen molar-refractivity contribution in [3.63, 3.8) is 0 Å². The molecule has 1 aliphatic heterocycles. The lowest BCUT2D eigenvalue weighted by molar-refractivity contribution is -0.119. The van der Waals surface area contributed by atoms with Crippen LogP contribution in [-0.2, 0) is 9.59 Å². The molecule has 8 nitrogen and oxygen atoms in total. The third kappa shape index (κ3) is 7.10. The van der Waals surface area contributed by atoms with Crippen molar-refractivity contribution in [2.24, 2.45) is 5.10 Å². The molecule has 0 radical (unpaired) electrons. The number of amidine groups is 1. The van der Waals surface area contributed by atoms with Crippen LogP contribution in [-0.4, -0.2) is 29.9 Å². The highest BCUT2D eigenvalue weighted by Crippen LogP contribution is 2.37. The van der Waals surface area contributed by atoms with E-state index in [0.717, 1.165) is 21.8 Å². The summed E-state index contributed by atoms with van der Waals surface area (Å²) >= 11 is 6.91. The van der Waals surface area contributed by atoms with Gasteiger partial charge < -0.3 is 20.7 Å². The maximum absolute atomic E-state index is 13.6. The number of para-hydroxylation sites is 3. The topological polar surface area (TPSA) is 95.1 Å². The minimum Gasteiger partial charge on any atom is -0.495 e. The molecule has 206 valence electrons. The van der Waals surface area contributed by atoms with E-state index in [0.29, 0.717) is 22.4 Å². The van der Waals surface area contributed by atoms with Crippen LogP contribution in [0.4, 0.5) is 17.1 Å². The third-order valence-electron chi connectivity index (χ3n) is 6.09. The molecule has 4 aromatic carbocycles. The first-order valence-electron chi connectivity index (χ1n) is 12.8. The van der Waals surface area contributed by atoms with Gasteiger partial charge in [-0.2, -0.15) is 10.1 Å². The molecular formula is C31H27N5O3S2. The largest absolute Gasteiger partial charge is 0.495 e. The van der Waals surface area contributed by atoms with E-state index in [1.165, 1.54) is 16.8 Å². The number of thioether (sulfide) groups is 1. The van der Waals surface area contributed by atoms with Crippen LogP contribution in [0, 0.1) is 0 Å². The van der Waals surface area contributed by atoms with Crippen molar-refractivity contribution >= 4 is 63.8 Å². The summed E-state index contributed by atoms with van der Waals surface area (Å²) in [4.78, 5) is 27.0. The number of hydrazone groups is 1. The van der Waals surface area contributed by atoms with Gasteiger partial charge in [0.05, 0.1) is 24.9 Å². The Labute approximate surface area is 247 Å². The van der Waals surface area contributed by atoms with Gasteiger partial charge in [0.1, 0.15) is 16.8 Å². The molecule has 1 atom stereocenters. The highest BCUT2D eigenvalue weighted by Gasteiger charge is 2.29.